The Morgan fingerprint density at radius 1 is 1.24 bits per heavy atom. The Morgan fingerprint density at radius 2 is 2.03 bits per heavy atom. The number of non-ortho nitro benzene ring substituents is 1. The number of furan rings is 1. The number of carbonyl (C=O) groups excluding carboxylic acids is 1. The Bertz CT molecular complexity index is 1170. The number of nitrogens with zero attached hydrogens (tertiary/aromatic N) is 2. The van der Waals surface area contributed by atoms with Crippen LogP contribution in [0.5, 0.6) is 0 Å². The van der Waals surface area contributed by atoms with Crippen LogP contribution in [0, 0.1) is 28.4 Å². The van der Waals surface area contributed by atoms with E-state index >= 15 is 0 Å². The molecule has 0 aliphatic rings. The highest BCUT2D eigenvalue weighted by Gasteiger charge is 2.14. The van der Waals surface area contributed by atoms with Crippen molar-refractivity contribution in [1.29, 1.82) is 5.26 Å². The number of aryl methyl sites for hydroxylation is 1. The first-order valence-electron chi connectivity index (χ1n) is 8.41. The molecular weight excluding hydrogens is 394 g/mol. The zero-order valence-electron chi connectivity index (χ0n) is 15.2. The van der Waals surface area contributed by atoms with E-state index in [1.807, 2.05) is 12.1 Å². The van der Waals surface area contributed by atoms with Gasteiger partial charge in [0, 0.05) is 34.5 Å². The number of halogens is 1. The van der Waals surface area contributed by atoms with E-state index in [-0.39, 0.29) is 11.3 Å². The lowest BCUT2D eigenvalue weighted by Gasteiger charge is -2.07. The Morgan fingerprint density at radius 3 is 2.69 bits per heavy atom. The molecule has 0 aliphatic carbocycles. The Balaban J connectivity index is 1.81. The van der Waals surface area contributed by atoms with Gasteiger partial charge >= 0.3 is 0 Å². The lowest BCUT2D eigenvalue weighted by atomic mass is 10.1. The molecule has 1 heterocycles. The molecule has 3 aromatic rings. The van der Waals surface area contributed by atoms with Gasteiger partial charge in [0.2, 0.25) is 0 Å². The molecule has 1 aromatic heterocycles. The van der Waals surface area contributed by atoms with Gasteiger partial charge in [-0.3, -0.25) is 14.9 Å². The molecule has 0 fully saturated rings. The van der Waals surface area contributed by atoms with Crippen molar-refractivity contribution in [3.63, 3.8) is 0 Å². The number of nitro groups is 1. The van der Waals surface area contributed by atoms with E-state index in [0.29, 0.717) is 27.8 Å². The third kappa shape index (κ3) is 4.69. The predicted octanol–water partition coefficient (Wildman–Crippen LogP) is 5.36. The lowest BCUT2D eigenvalue weighted by Crippen LogP contribution is -2.14. The topological polar surface area (TPSA) is 109 Å². The van der Waals surface area contributed by atoms with Gasteiger partial charge in [-0.05, 0) is 42.8 Å². The van der Waals surface area contributed by atoms with Gasteiger partial charge in [-0.1, -0.05) is 23.7 Å². The molecule has 7 nitrogen and oxygen atoms in total. The van der Waals surface area contributed by atoms with Crippen LogP contribution in [0.25, 0.3) is 17.4 Å². The summed E-state index contributed by atoms with van der Waals surface area (Å²) in [4.78, 5) is 22.7. The third-order valence-electron chi connectivity index (χ3n) is 4.06. The average Bonchev–Trinajstić information content (AvgIpc) is 3.16. The van der Waals surface area contributed by atoms with E-state index in [9.17, 15) is 20.2 Å². The quantitative estimate of drug-likeness (QED) is 0.265. The second kappa shape index (κ2) is 8.42. The van der Waals surface area contributed by atoms with E-state index in [4.69, 9.17) is 16.0 Å². The summed E-state index contributed by atoms with van der Waals surface area (Å²) in [5.41, 5.74) is 1.39. The fourth-order valence-electron chi connectivity index (χ4n) is 2.61. The van der Waals surface area contributed by atoms with E-state index < -0.39 is 10.8 Å². The molecule has 3 rings (SSSR count). The molecule has 0 saturated heterocycles. The molecule has 144 valence electrons. The number of nitriles is 1. The van der Waals surface area contributed by atoms with E-state index in [1.165, 1.54) is 24.3 Å². The van der Waals surface area contributed by atoms with Gasteiger partial charge in [-0.25, -0.2) is 0 Å². The highest BCUT2D eigenvalue weighted by Crippen LogP contribution is 2.26. The summed E-state index contributed by atoms with van der Waals surface area (Å²) in [6, 6.07) is 16.3. The highest BCUT2D eigenvalue weighted by atomic mass is 35.5. The van der Waals surface area contributed by atoms with E-state index in [2.05, 4.69) is 5.32 Å². The first kappa shape index (κ1) is 19.9. The fourth-order valence-corrected chi connectivity index (χ4v) is 2.80. The summed E-state index contributed by atoms with van der Waals surface area (Å²) in [6.07, 6.45) is 1.32. The predicted molar refractivity (Wildman–Crippen MR) is 109 cm³/mol. The maximum absolute atomic E-state index is 12.4. The van der Waals surface area contributed by atoms with Gasteiger partial charge in [0.15, 0.2) is 0 Å². The number of hydrogen-bond acceptors (Lipinski definition) is 5. The van der Waals surface area contributed by atoms with Gasteiger partial charge < -0.3 is 9.73 Å². The van der Waals surface area contributed by atoms with E-state index in [1.54, 1.807) is 37.3 Å². The van der Waals surface area contributed by atoms with Crippen molar-refractivity contribution in [2.75, 3.05) is 5.32 Å². The van der Waals surface area contributed by atoms with Gasteiger partial charge in [-0.15, -0.1) is 0 Å². The first-order chi connectivity index (χ1) is 13.9. The van der Waals surface area contributed by atoms with Crippen LogP contribution in [-0.4, -0.2) is 10.8 Å². The number of amides is 1. The number of nitrogens with one attached hydrogen (secondary N) is 1. The van der Waals surface area contributed by atoms with Crippen LogP contribution >= 0.6 is 11.6 Å². The van der Waals surface area contributed by atoms with Crippen molar-refractivity contribution in [3.8, 4) is 17.4 Å². The molecule has 0 atom stereocenters. The van der Waals surface area contributed by atoms with Crippen LogP contribution in [0.15, 0.2) is 64.6 Å². The molecule has 1 amide bonds. The standard InChI is InChI=1S/C21H14ClN3O4/c1-13-9-17(25(27)28)5-7-19(13)24-21(26)15(12-23)11-18-6-8-20(29-18)14-3-2-4-16(22)10-14/h2-11H,1H3,(H,24,26)/b15-11+. The summed E-state index contributed by atoms with van der Waals surface area (Å²) >= 11 is 5.98. The highest BCUT2D eigenvalue weighted by molar-refractivity contribution is 6.30. The minimum absolute atomic E-state index is 0.0827. The second-order valence-electron chi connectivity index (χ2n) is 6.09. The number of nitro benzene ring substituents is 1. The number of carbonyl (C=O) groups is 1. The van der Waals surface area contributed by atoms with Gasteiger partial charge in [0.05, 0.1) is 4.92 Å². The zero-order valence-corrected chi connectivity index (χ0v) is 15.9. The third-order valence-corrected chi connectivity index (χ3v) is 4.29. The molecule has 0 spiro atoms. The van der Waals surface area contributed by atoms with Crippen LogP contribution in [0.4, 0.5) is 11.4 Å². The molecular formula is C21H14ClN3O4. The zero-order chi connectivity index (χ0) is 21.0. The first-order valence-corrected chi connectivity index (χ1v) is 8.79. The maximum Gasteiger partial charge on any atom is 0.269 e. The van der Waals surface area contributed by atoms with Crippen LogP contribution in [0.2, 0.25) is 5.02 Å². The van der Waals surface area contributed by atoms with Crippen molar-refractivity contribution in [2.24, 2.45) is 0 Å². The molecule has 0 aliphatic heterocycles. The molecule has 1 N–H and O–H groups in total. The van der Waals surface area contributed by atoms with Gasteiger partial charge in [-0.2, -0.15) is 5.26 Å². The minimum atomic E-state index is -0.648. The lowest BCUT2D eigenvalue weighted by molar-refractivity contribution is -0.384. The second-order valence-corrected chi connectivity index (χ2v) is 6.53. The Labute approximate surface area is 171 Å². The monoisotopic (exact) mass is 407 g/mol. The maximum atomic E-state index is 12.4. The normalized spacial score (nSPS) is 11.0. The van der Waals surface area contributed by atoms with Crippen LogP contribution < -0.4 is 5.32 Å². The summed E-state index contributed by atoms with van der Waals surface area (Å²) in [6.45, 7) is 1.63. The van der Waals surface area contributed by atoms with Gasteiger partial charge in [0.25, 0.3) is 11.6 Å². The molecule has 29 heavy (non-hydrogen) atoms. The molecule has 0 bridgehead atoms. The van der Waals surface area contributed by atoms with E-state index in [0.717, 1.165) is 5.56 Å². The van der Waals surface area contributed by atoms with Crippen LogP contribution in [-0.2, 0) is 4.79 Å². The smallest absolute Gasteiger partial charge is 0.269 e. The SMILES string of the molecule is Cc1cc([N+](=O)[O-])ccc1NC(=O)/C(C#N)=C/c1ccc(-c2cccc(Cl)c2)o1. The number of anilines is 1. The minimum Gasteiger partial charge on any atom is -0.457 e. The molecule has 0 unspecified atom stereocenters. The number of rotatable bonds is 5. The van der Waals surface area contributed by atoms with Crippen molar-refractivity contribution >= 4 is 35.0 Å². The molecule has 0 saturated carbocycles. The van der Waals surface area contributed by atoms with Crippen molar-refractivity contribution in [3.05, 3.63) is 86.6 Å². The van der Waals surface area contributed by atoms with Crippen molar-refractivity contribution < 1.29 is 14.1 Å². The summed E-state index contributed by atoms with van der Waals surface area (Å²) in [7, 11) is 0. The summed E-state index contributed by atoms with van der Waals surface area (Å²) < 4.78 is 5.68. The Kier molecular flexibility index (Phi) is 5.77. The van der Waals surface area contributed by atoms with Gasteiger partial charge in [0.1, 0.15) is 23.2 Å². The Hall–Kier alpha value is -3.89. The summed E-state index contributed by atoms with van der Waals surface area (Å²) in [5.74, 6) is 0.222. The summed E-state index contributed by atoms with van der Waals surface area (Å²) in [5, 5.41) is 23.3. The number of hydrogen-bond donors (Lipinski definition) is 1. The van der Waals surface area contributed by atoms with Crippen molar-refractivity contribution in [1.82, 2.24) is 0 Å². The largest absolute Gasteiger partial charge is 0.457 e. The van der Waals surface area contributed by atoms with Crippen LogP contribution in [0.1, 0.15) is 11.3 Å². The fraction of sp³-hybridized carbons (Fsp3) is 0.0476. The average molecular weight is 408 g/mol. The van der Waals surface area contributed by atoms with Crippen molar-refractivity contribution in [2.45, 2.75) is 6.92 Å². The number of benzene rings is 2. The molecule has 8 heteroatoms. The molecule has 0 radical (unpaired) electrons. The van der Waals surface area contributed by atoms with Crippen LogP contribution in [0.3, 0.4) is 0 Å². The molecule has 2 aromatic carbocycles.